The van der Waals surface area contributed by atoms with Crippen molar-refractivity contribution in [1.29, 1.82) is 0 Å². The first-order valence-corrected chi connectivity index (χ1v) is 13.1. The van der Waals surface area contributed by atoms with Crippen LogP contribution in [0.4, 0.5) is 0 Å². The van der Waals surface area contributed by atoms with Crippen LogP contribution in [0.5, 0.6) is 0 Å². The summed E-state index contributed by atoms with van der Waals surface area (Å²) in [4.78, 5) is 28.3. The number of benzene rings is 2. The Balaban J connectivity index is 1.55. The maximum atomic E-state index is 13.3. The van der Waals surface area contributed by atoms with E-state index in [0.717, 1.165) is 36.6 Å². The van der Waals surface area contributed by atoms with Gasteiger partial charge in [-0.15, -0.1) is 0 Å². The average Bonchev–Trinajstić information content (AvgIpc) is 3.37. The van der Waals surface area contributed by atoms with E-state index in [1.165, 1.54) is 12.1 Å². The lowest BCUT2D eigenvalue weighted by Gasteiger charge is -2.26. The molecule has 1 fully saturated rings. The van der Waals surface area contributed by atoms with Gasteiger partial charge in [0.15, 0.2) is 9.84 Å². The molecule has 0 saturated carbocycles. The van der Waals surface area contributed by atoms with Crippen LogP contribution in [0.2, 0.25) is 5.02 Å². The first-order chi connectivity index (χ1) is 15.2. The van der Waals surface area contributed by atoms with Crippen molar-refractivity contribution < 1.29 is 18.0 Å². The lowest BCUT2D eigenvalue weighted by atomic mass is 10.0. The lowest BCUT2D eigenvalue weighted by Crippen LogP contribution is -2.46. The van der Waals surface area contributed by atoms with Gasteiger partial charge in [-0.2, -0.15) is 0 Å². The molecule has 170 valence electrons. The highest BCUT2D eigenvalue weighted by Crippen LogP contribution is 2.34. The molecule has 6 nitrogen and oxygen atoms in total. The topological polar surface area (TPSA) is 83.6 Å². The van der Waals surface area contributed by atoms with Gasteiger partial charge in [-0.25, -0.2) is 8.42 Å². The number of aryl methyl sites for hydroxylation is 1. The van der Waals surface area contributed by atoms with E-state index < -0.39 is 15.9 Å². The molecular weight excluding hydrogens is 448 g/mol. The number of nitrogens with zero attached hydrogens (tertiary/aromatic N) is 1. The molecule has 32 heavy (non-hydrogen) atoms. The smallest absolute Gasteiger partial charge is 0.254 e. The van der Waals surface area contributed by atoms with Crippen molar-refractivity contribution in [3.63, 3.8) is 0 Å². The van der Waals surface area contributed by atoms with Crippen LogP contribution in [0.25, 0.3) is 0 Å². The van der Waals surface area contributed by atoms with E-state index in [-0.39, 0.29) is 34.2 Å². The summed E-state index contributed by atoms with van der Waals surface area (Å²) >= 11 is 6.09. The number of amides is 2. The predicted octanol–water partition coefficient (Wildman–Crippen LogP) is 3.79. The first-order valence-electron chi connectivity index (χ1n) is 10.9. The van der Waals surface area contributed by atoms with E-state index in [4.69, 9.17) is 11.6 Å². The molecule has 1 saturated heterocycles. The molecule has 1 aliphatic carbocycles. The molecule has 4 rings (SSSR count). The molecule has 0 aromatic heterocycles. The summed E-state index contributed by atoms with van der Waals surface area (Å²) in [7, 11) is -3.43. The Labute approximate surface area is 193 Å². The van der Waals surface area contributed by atoms with Gasteiger partial charge in [-0.3, -0.25) is 9.59 Å². The van der Waals surface area contributed by atoms with Crippen LogP contribution in [0.15, 0.2) is 47.4 Å². The van der Waals surface area contributed by atoms with E-state index in [2.05, 4.69) is 12.2 Å². The fourth-order valence-electron chi connectivity index (χ4n) is 4.72. The Hall–Kier alpha value is -2.38. The summed E-state index contributed by atoms with van der Waals surface area (Å²) in [5.74, 6) is -0.256. The summed E-state index contributed by atoms with van der Waals surface area (Å²) < 4.78 is 23.8. The standard InChI is InChI=1S/C24H27ClN2O4S/c1-3-15-11-22(23(28)26-21-10-7-16-12-18(25)8-9-20(16)21)27(14-15)24(29)17-5-4-6-19(13-17)32(2,30)31/h4-6,8-9,12-13,15,21-22H,3,7,10-11,14H2,1-2H3,(H,26,28)/t15-,21-,22-/m1/s1. The third-order valence-electron chi connectivity index (χ3n) is 6.54. The fourth-order valence-corrected chi connectivity index (χ4v) is 5.58. The molecule has 8 heteroatoms. The number of nitrogens with one attached hydrogen (secondary N) is 1. The van der Waals surface area contributed by atoms with Crippen LogP contribution in [0.1, 0.15) is 53.7 Å². The molecule has 2 aliphatic rings. The van der Waals surface area contributed by atoms with E-state index in [1.807, 2.05) is 18.2 Å². The highest BCUT2D eigenvalue weighted by Gasteiger charge is 2.40. The number of hydrogen-bond donors (Lipinski definition) is 1. The molecule has 0 unspecified atom stereocenters. The highest BCUT2D eigenvalue weighted by molar-refractivity contribution is 7.90. The zero-order valence-corrected chi connectivity index (χ0v) is 19.7. The van der Waals surface area contributed by atoms with Crippen molar-refractivity contribution >= 4 is 33.3 Å². The van der Waals surface area contributed by atoms with Gasteiger partial charge in [0.1, 0.15) is 6.04 Å². The Bertz CT molecular complexity index is 1160. The molecule has 3 atom stereocenters. The molecule has 2 amide bonds. The number of rotatable bonds is 5. The molecular formula is C24H27ClN2O4S. The average molecular weight is 475 g/mol. The molecule has 0 bridgehead atoms. The van der Waals surface area contributed by atoms with Gasteiger partial charge in [0.05, 0.1) is 10.9 Å². The van der Waals surface area contributed by atoms with Gasteiger partial charge < -0.3 is 10.2 Å². The van der Waals surface area contributed by atoms with Crippen molar-refractivity contribution in [2.45, 2.75) is 49.6 Å². The molecule has 2 aromatic carbocycles. The number of halogens is 1. The van der Waals surface area contributed by atoms with Crippen molar-refractivity contribution in [2.75, 3.05) is 12.8 Å². The second-order valence-electron chi connectivity index (χ2n) is 8.73. The summed E-state index contributed by atoms with van der Waals surface area (Å²) in [6.07, 6.45) is 4.23. The SMILES string of the molecule is CC[C@@H]1C[C@H](C(=O)N[C@@H]2CCc3cc(Cl)ccc32)N(C(=O)c2cccc(S(C)(=O)=O)c2)C1. The molecule has 2 aromatic rings. The van der Waals surface area contributed by atoms with Crippen LogP contribution in [-0.4, -0.2) is 44.0 Å². The van der Waals surface area contributed by atoms with E-state index >= 15 is 0 Å². The van der Waals surface area contributed by atoms with Crippen LogP contribution in [-0.2, 0) is 21.1 Å². The molecule has 0 radical (unpaired) electrons. The van der Waals surface area contributed by atoms with Gasteiger partial charge in [0.25, 0.3) is 5.91 Å². The third kappa shape index (κ3) is 4.55. The Morgan fingerprint density at radius 3 is 2.69 bits per heavy atom. The zero-order chi connectivity index (χ0) is 23.0. The minimum Gasteiger partial charge on any atom is -0.347 e. The quantitative estimate of drug-likeness (QED) is 0.714. The van der Waals surface area contributed by atoms with Crippen molar-refractivity contribution in [3.8, 4) is 0 Å². The van der Waals surface area contributed by atoms with E-state index in [9.17, 15) is 18.0 Å². The first kappa shape index (κ1) is 22.8. The number of carbonyl (C=O) groups excluding carboxylic acids is 2. The molecule has 0 spiro atoms. The second kappa shape index (κ2) is 8.87. The fraction of sp³-hybridized carbons (Fsp3) is 0.417. The highest BCUT2D eigenvalue weighted by atomic mass is 35.5. The Kier molecular flexibility index (Phi) is 6.32. The Morgan fingerprint density at radius 1 is 1.19 bits per heavy atom. The van der Waals surface area contributed by atoms with Crippen molar-refractivity contribution in [2.24, 2.45) is 5.92 Å². The van der Waals surface area contributed by atoms with Gasteiger partial charge in [0, 0.05) is 23.4 Å². The van der Waals surface area contributed by atoms with E-state index in [0.29, 0.717) is 18.0 Å². The van der Waals surface area contributed by atoms with Crippen molar-refractivity contribution in [3.05, 3.63) is 64.2 Å². The number of carbonyl (C=O) groups is 2. The van der Waals surface area contributed by atoms with Gasteiger partial charge in [-0.05, 0) is 66.6 Å². The maximum Gasteiger partial charge on any atom is 0.254 e. The lowest BCUT2D eigenvalue weighted by molar-refractivity contribution is -0.125. The number of sulfone groups is 1. The molecule has 1 heterocycles. The minimum absolute atomic E-state index is 0.0943. The maximum absolute atomic E-state index is 13.3. The van der Waals surface area contributed by atoms with Crippen LogP contribution in [0, 0.1) is 5.92 Å². The zero-order valence-electron chi connectivity index (χ0n) is 18.2. The molecule has 1 aliphatic heterocycles. The van der Waals surface area contributed by atoms with Crippen LogP contribution >= 0.6 is 11.6 Å². The summed E-state index contributed by atoms with van der Waals surface area (Å²) in [6, 6.07) is 11.1. The summed E-state index contributed by atoms with van der Waals surface area (Å²) in [6.45, 7) is 2.53. The van der Waals surface area contributed by atoms with Crippen LogP contribution < -0.4 is 5.32 Å². The number of likely N-dealkylation sites (tertiary alicyclic amines) is 1. The summed E-state index contributed by atoms with van der Waals surface area (Å²) in [5, 5.41) is 3.83. The largest absolute Gasteiger partial charge is 0.347 e. The van der Waals surface area contributed by atoms with E-state index in [1.54, 1.807) is 17.0 Å². The number of hydrogen-bond acceptors (Lipinski definition) is 4. The van der Waals surface area contributed by atoms with Gasteiger partial charge >= 0.3 is 0 Å². The van der Waals surface area contributed by atoms with Gasteiger partial charge in [0.2, 0.25) is 5.91 Å². The predicted molar refractivity (Wildman–Crippen MR) is 123 cm³/mol. The Morgan fingerprint density at radius 2 is 1.97 bits per heavy atom. The monoisotopic (exact) mass is 474 g/mol. The van der Waals surface area contributed by atoms with Crippen molar-refractivity contribution in [1.82, 2.24) is 10.2 Å². The number of fused-ring (bicyclic) bond motifs is 1. The van der Waals surface area contributed by atoms with Gasteiger partial charge in [-0.1, -0.05) is 37.1 Å². The summed E-state index contributed by atoms with van der Waals surface area (Å²) in [5.41, 5.74) is 2.50. The molecule has 1 N–H and O–H groups in total. The minimum atomic E-state index is -3.43. The normalized spacial score (nSPS) is 22.6. The second-order valence-corrected chi connectivity index (χ2v) is 11.2. The third-order valence-corrected chi connectivity index (χ3v) is 7.88. The van der Waals surface area contributed by atoms with Crippen LogP contribution in [0.3, 0.4) is 0 Å².